The van der Waals surface area contributed by atoms with Gasteiger partial charge in [-0.05, 0) is 25.7 Å². The molecule has 0 saturated carbocycles. The van der Waals surface area contributed by atoms with Crippen LogP contribution < -0.4 is 0 Å². The van der Waals surface area contributed by atoms with Crippen LogP contribution in [0.5, 0.6) is 0 Å². The van der Waals surface area contributed by atoms with Gasteiger partial charge in [-0.15, -0.1) is 0 Å². The molecule has 0 aliphatic rings. The predicted octanol–water partition coefficient (Wildman–Crippen LogP) is 3.70. The molecule has 0 heterocycles. The highest BCUT2D eigenvalue weighted by Crippen LogP contribution is 2.13. The van der Waals surface area contributed by atoms with Crippen LogP contribution in [0.2, 0.25) is 0 Å². The molecule has 4 heteroatoms. The van der Waals surface area contributed by atoms with E-state index in [-0.39, 0.29) is 12.5 Å². The number of carbonyl (C=O) groups excluding carboxylic acids is 1. The summed E-state index contributed by atoms with van der Waals surface area (Å²) in [6, 6.07) is 0. The van der Waals surface area contributed by atoms with Crippen molar-refractivity contribution in [1.82, 2.24) is 0 Å². The third-order valence-electron chi connectivity index (χ3n) is 3.54. The average molecular weight is 286 g/mol. The van der Waals surface area contributed by atoms with E-state index in [1.165, 1.54) is 0 Å². The molecule has 1 unspecified atom stereocenters. The number of aliphatic hydroxyl groups is 1. The number of carboxylic acids is 1. The molecule has 118 valence electrons. The molecule has 0 radical (unpaired) electrons. The number of aliphatic hydroxyl groups excluding tert-OH is 1. The molecule has 0 aromatic heterocycles. The second-order valence-electron chi connectivity index (χ2n) is 5.51. The molecular weight excluding hydrogens is 256 g/mol. The van der Waals surface area contributed by atoms with Crippen molar-refractivity contribution in [3.63, 3.8) is 0 Å². The van der Waals surface area contributed by atoms with Gasteiger partial charge in [0.25, 0.3) is 0 Å². The Balaban J connectivity index is 3.16. The smallest absolute Gasteiger partial charge is 0.303 e. The Morgan fingerprint density at radius 2 is 1.35 bits per heavy atom. The van der Waals surface area contributed by atoms with Gasteiger partial charge in [0.2, 0.25) is 0 Å². The summed E-state index contributed by atoms with van der Waals surface area (Å²) >= 11 is 0. The standard InChI is InChI=1S/C16H30O4/c17-14-10-6-5-8-12-15(18)11-7-3-1-2-4-9-13-16(19)20/h14-15,18H,1-13H2,(H,19,20). The van der Waals surface area contributed by atoms with Crippen LogP contribution in [0, 0.1) is 0 Å². The Labute approximate surface area is 122 Å². The number of carboxylic acid groups (broad SMARTS) is 1. The van der Waals surface area contributed by atoms with E-state index in [9.17, 15) is 14.7 Å². The lowest BCUT2D eigenvalue weighted by atomic mass is 10.0. The van der Waals surface area contributed by atoms with Crippen LogP contribution in [0.15, 0.2) is 0 Å². The van der Waals surface area contributed by atoms with Gasteiger partial charge in [-0.1, -0.05) is 44.9 Å². The van der Waals surface area contributed by atoms with Crippen LogP contribution in [-0.4, -0.2) is 28.6 Å². The van der Waals surface area contributed by atoms with E-state index in [2.05, 4.69) is 0 Å². The number of aliphatic carboxylic acids is 1. The predicted molar refractivity (Wildman–Crippen MR) is 79.7 cm³/mol. The molecule has 4 nitrogen and oxygen atoms in total. The molecular formula is C16H30O4. The Hall–Kier alpha value is -0.900. The van der Waals surface area contributed by atoms with Crippen LogP contribution >= 0.6 is 0 Å². The molecule has 0 aliphatic heterocycles. The quantitative estimate of drug-likeness (QED) is 0.355. The summed E-state index contributed by atoms with van der Waals surface area (Å²) in [7, 11) is 0. The number of rotatable bonds is 15. The van der Waals surface area contributed by atoms with Gasteiger partial charge in [-0.3, -0.25) is 4.79 Å². The monoisotopic (exact) mass is 286 g/mol. The van der Waals surface area contributed by atoms with E-state index in [1.54, 1.807) is 0 Å². The SMILES string of the molecule is O=CCCCCCC(O)CCCCCCCCC(=O)O. The van der Waals surface area contributed by atoms with Crippen molar-refractivity contribution in [2.24, 2.45) is 0 Å². The first-order chi connectivity index (χ1) is 9.66. The van der Waals surface area contributed by atoms with Gasteiger partial charge in [0, 0.05) is 12.8 Å². The van der Waals surface area contributed by atoms with E-state index in [0.717, 1.165) is 76.9 Å². The van der Waals surface area contributed by atoms with Crippen molar-refractivity contribution < 1.29 is 19.8 Å². The molecule has 2 N–H and O–H groups in total. The Morgan fingerprint density at radius 1 is 0.850 bits per heavy atom. The zero-order valence-corrected chi connectivity index (χ0v) is 12.6. The number of unbranched alkanes of at least 4 members (excludes halogenated alkanes) is 8. The van der Waals surface area contributed by atoms with Crippen molar-refractivity contribution >= 4 is 12.3 Å². The fourth-order valence-electron chi connectivity index (χ4n) is 2.29. The van der Waals surface area contributed by atoms with E-state index < -0.39 is 5.97 Å². The number of hydrogen-bond donors (Lipinski definition) is 2. The summed E-state index contributed by atoms with van der Waals surface area (Å²) < 4.78 is 0. The van der Waals surface area contributed by atoms with Crippen molar-refractivity contribution in [2.45, 2.75) is 89.6 Å². The molecule has 0 aromatic rings. The summed E-state index contributed by atoms with van der Waals surface area (Å²) in [5.74, 6) is -0.707. The van der Waals surface area contributed by atoms with Gasteiger partial charge in [-0.25, -0.2) is 0 Å². The number of aldehydes is 1. The zero-order valence-electron chi connectivity index (χ0n) is 12.6. The lowest BCUT2D eigenvalue weighted by molar-refractivity contribution is -0.137. The van der Waals surface area contributed by atoms with Crippen LogP contribution in [0.25, 0.3) is 0 Å². The summed E-state index contributed by atoms with van der Waals surface area (Å²) in [5, 5.41) is 18.3. The minimum atomic E-state index is -0.707. The highest BCUT2D eigenvalue weighted by atomic mass is 16.4. The van der Waals surface area contributed by atoms with Gasteiger partial charge in [0.05, 0.1) is 6.10 Å². The zero-order chi connectivity index (χ0) is 15.1. The Morgan fingerprint density at radius 3 is 1.90 bits per heavy atom. The molecule has 0 spiro atoms. The number of carbonyl (C=O) groups is 2. The Kier molecular flexibility index (Phi) is 13.9. The highest BCUT2D eigenvalue weighted by molar-refractivity contribution is 5.66. The summed E-state index contributed by atoms with van der Waals surface area (Å²) in [5.41, 5.74) is 0. The largest absolute Gasteiger partial charge is 0.481 e. The minimum Gasteiger partial charge on any atom is -0.481 e. The Bertz CT molecular complexity index is 241. The van der Waals surface area contributed by atoms with Crippen molar-refractivity contribution in [2.75, 3.05) is 0 Å². The molecule has 0 aromatic carbocycles. The van der Waals surface area contributed by atoms with E-state index in [4.69, 9.17) is 5.11 Å². The molecule has 0 aliphatic carbocycles. The van der Waals surface area contributed by atoms with Crippen molar-refractivity contribution in [3.8, 4) is 0 Å². The maximum atomic E-state index is 10.3. The molecule has 0 rings (SSSR count). The fourth-order valence-corrected chi connectivity index (χ4v) is 2.29. The summed E-state index contributed by atoms with van der Waals surface area (Å²) in [4.78, 5) is 20.4. The lowest BCUT2D eigenvalue weighted by Crippen LogP contribution is -2.05. The first-order valence-corrected chi connectivity index (χ1v) is 8.00. The van der Waals surface area contributed by atoms with Crippen molar-refractivity contribution in [1.29, 1.82) is 0 Å². The first-order valence-electron chi connectivity index (χ1n) is 8.00. The van der Waals surface area contributed by atoms with Crippen LogP contribution in [0.3, 0.4) is 0 Å². The third kappa shape index (κ3) is 15.2. The van der Waals surface area contributed by atoms with Gasteiger partial charge in [0.15, 0.2) is 0 Å². The maximum Gasteiger partial charge on any atom is 0.303 e. The fraction of sp³-hybridized carbons (Fsp3) is 0.875. The summed E-state index contributed by atoms with van der Waals surface area (Å²) in [6.07, 6.45) is 12.5. The van der Waals surface area contributed by atoms with Crippen LogP contribution in [0.4, 0.5) is 0 Å². The van der Waals surface area contributed by atoms with Crippen LogP contribution in [-0.2, 0) is 9.59 Å². The van der Waals surface area contributed by atoms with Crippen LogP contribution in [0.1, 0.15) is 83.5 Å². The lowest BCUT2D eigenvalue weighted by Gasteiger charge is -2.09. The first kappa shape index (κ1) is 19.1. The highest BCUT2D eigenvalue weighted by Gasteiger charge is 2.03. The molecule has 20 heavy (non-hydrogen) atoms. The van der Waals surface area contributed by atoms with Gasteiger partial charge >= 0.3 is 5.97 Å². The van der Waals surface area contributed by atoms with E-state index >= 15 is 0 Å². The molecule has 0 saturated heterocycles. The third-order valence-corrected chi connectivity index (χ3v) is 3.54. The summed E-state index contributed by atoms with van der Waals surface area (Å²) in [6.45, 7) is 0. The van der Waals surface area contributed by atoms with Crippen molar-refractivity contribution in [3.05, 3.63) is 0 Å². The average Bonchev–Trinajstić information content (AvgIpc) is 2.41. The molecule has 0 fully saturated rings. The van der Waals surface area contributed by atoms with Gasteiger partial charge in [-0.2, -0.15) is 0 Å². The second-order valence-corrected chi connectivity index (χ2v) is 5.51. The molecule has 0 amide bonds. The second kappa shape index (κ2) is 14.5. The van der Waals surface area contributed by atoms with E-state index in [0.29, 0.717) is 6.42 Å². The minimum absolute atomic E-state index is 0.196. The number of hydrogen-bond acceptors (Lipinski definition) is 3. The molecule has 0 bridgehead atoms. The van der Waals surface area contributed by atoms with E-state index in [1.807, 2.05) is 0 Å². The topological polar surface area (TPSA) is 74.6 Å². The maximum absolute atomic E-state index is 10.3. The normalized spacial score (nSPS) is 12.2. The van der Waals surface area contributed by atoms with Gasteiger partial charge < -0.3 is 15.0 Å². The molecule has 1 atom stereocenters. The van der Waals surface area contributed by atoms with Gasteiger partial charge in [0.1, 0.15) is 6.29 Å².